The molecule has 1 heterocycles. The molecule has 0 aromatic carbocycles. The van der Waals surface area contributed by atoms with Crippen LogP contribution in [-0.4, -0.2) is 18.0 Å². The highest BCUT2D eigenvalue weighted by atomic mass is 16.3. The zero-order valence-electron chi connectivity index (χ0n) is 13.9. The highest BCUT2D eigenvalue weighted by Crippen LogP contribution is 2.18. The van der Waals surface area contributed by atoms with Crippen molar-refractivity contribution in [1.29, 1.82) is 0 Å². The van der Waals surface area contributed by atoms with Crippen molar-refractivity contribution in [2.45, 2.75) is 60.5 Å². The lowest BCUT2D eigenvalue weighted by Crippen LogP contribution is -2.27. The van der Waals surface area contributed by atoms with Crippen LogP contribution in [0.3, 0.4) is 0 Å². The topological polar surface area (TPSA) is 42.4 Å². The van der Waals surface area contributed by atoms with E-state index in [1.165, 1.54) is 18.4 Å². The van der Waals surface area contributed by atoms with E-state index in [1.54, 1.807) is 0 Å². The van der Waals surface area contributed by atoms with Gasteiger partial charge in [0.2, 0.25) is 0 Å². The van der Waals surface area contributed by atoms with Gasteiger partial charge in [-0.3, -0.25) is 4.90 Å². The lowest BCUT2D eigenvalue weighted by atomic mass is 10.1. The lowest BCUT2D eigenvalue weighted by Gasteiger charge is -2.24. The molecule has 0 aliphatic carbocycles. The van der Waals surface area contributed by atoms with Crippen LogP contribution in [0.4, 0.5) is 0 Å². The van der Waals surface area contributed by atoms with Crippen LogP contribution in [0.1, 0.15) is 57.6 Å². The van der Waals surface area contributed by atoms with Crippen molar-refractivity contribution in [3.05, 3.63) is 23.2 Å². The molecule has 0 atom stereocenters. The summed E-state index contributed by atoms with van der Waals surface area (Å²) < 4.78 is 5.66. The molecule has 3 nitrogen and oxygen atoms in total. The van der Waals surface area contributed by atoms with Crippen molar-refractivity contribution in [1.82, 2.24) is 4.90 Å². The summed E-state index contributed by atoms with van der Waals surface area (Å²) in [6, 6.07) is 2.12. The maximum Gasteiger partial charge on any atom is 0.118 e. The van der Waals surface area contributed by atoms with Gasteiger partial charge in [0.25, 0.3) is 0 Å². The minimum atomic E-state index is 0.485. The number of nitrogens with zero attached hydrogens (tertiary/aromatic N) is 1. The van der Waals surface area contributed by atoms with Crippen molar-refractivity contribution in [2.24, 2.45) is 17.6 Å². The molecule has 0 amide bonds. The number of rotatable bonds is 9. The van der Waals surface area contributed by atoms with Crippen LogP contribution < -0.4 is 5.73 Å². The summed E-state index contributed by atoms with van der Waals surface area (Å²) in [6.45, 7) is 15.0. The maximum atomic E-state index is 5.66. The molecule has 116 valence electrons. The van der Waals surface area contributed by atoms with Crippen LogP contribution >= 0.6 is 0 Å². The molecule has 1 aromatic heterocycles. The average molecular weight is 280 g/mol. The Morgan fingerprint density at radius 3 is 2.05 bits per heavy atom. The molecule has 0 saturated heterocycles. The molecule has 0 unspecified atom stereocenters. The van der Waals surface area contributed by atoms with Crippen LogP contribution in [0.2, 0.25) is 0 Å². The van der Waals surface area contributed by atoms with Gasteiger partial charge in [0.1, 0.15) is 11.5 Å². The molecule has 0 saturated carbocycles. The molecule has 0 aliphatic heterocycles. The van der Waals surface area contributed by atoms with E-state index in [9.17, 15) is 0 Å². The Balaban J connectivity index is 2.63. The van der Waals surface area contributed by atoms with E-state index in [4.69, 9.17) is 10.2 Å². The van der Waals surface area contributed by atoms with Crippen molar-refractivity contribution in [3.63, 3.8) is 0 Å². The van der Waals surface area contributed by atoms with E-state index in [2.05, 4.69) is 38.7 Å². The molecular weight excluding hydrogens is 248 g/mol. The Hall–Kier alpha value is -0.800. The molecule has 1 aromatic rings. The van der Waals surface area contributed by atoms with Gasteiger partial charge >= 0.3 is 0 Å². The first-order valence-corrected chi connectivity index (χ1v) is 7.93. The maximum absolute atomic E-state index is 5.66. The largest absolute Gasteiger partial charge is 0.465 e. The molecule has 0 bridgehead atoms. The lowest BCUT2D eigenvalue weighted by molar-refractivity contribution is 0.234. The van der Waals surface area contributed by atoms with Crippen molar-refractivity contribution in [3.8, 4) is 0 Å². The normalized spacial score (nSPS) is 12.1. The number of nitrogens with two attached hydrogens (primary N) is 1. The zero-order chi connectivity index (χ0) is 15.1. The Morgan fingerprint density at radius 2 is 1.65 bits per heavy atom. The van der Waals surface area contributed by atoms with Crippen LogP contribution in [0.25, 0.3) is 0 Å². The second-order valence-electron chi connectivity index (χ2n) is 6.64. The van der Waals surface area contributed by atoms with E-state index in [1.807, 2.05) is 6.92 Å². The first-order chi connectivity index (χ1) is 9.42. The third-order valence-electron chi connectivity index (χ3n) is 3.71. The zero-order valence-corrected chi connectivity index (χ0v) is 13.9. The summed E-state index contributed by atoms with van der Waals surface area (Å²) in [5.74, 6) is 3.41. The van der Waals surface area contributed by atoms with Crippen molar-refractivity contribution >= 4 is 0 Å². The summed E-state index contributed by atoms with van der Waals surface area (Å²) >= 11 is 0. The SMILES string of the molecule is Cc1oc(CN)cc1CN(CCC(C)C)CCC(C)C. The summed E-state index contributed by atoms with van der Waals surface area (Å²) in [4.78, 5) is 2.55. The fourth-order valence-corrected chi connectivity index (χ4v) is 2.24. The number of hydrogen-bond donors (Lipinski definition) is 1. The Morgan fingerprint density at radius 1 is 1.10 bits per heavy atom. The third kappa shape index (κ3) is 6.10. The van der Waals surface area contributed by atoms with E-state index in [0.717, 1.165) is 43.0 Å². The van der Waals surface area contributed by atoms with Gasteiger partial charge in [0, 0.05) is 12.1 Å². The molecule has 2 N–H and O–H groups in total. The number of hydrogen-bond acceptors (Lipinski definition) is 3. The van der Waals surface area contributed by atoms with Gasteiger partial charge in [-0.2, -0.15) is 0 Å². The first kappa shape index (κ1) is 17.3. The van der Waals surface area contributed by atoms with Crippen LogP contribution in [-0.2, 0) is 13.1 Å². The van der Waals surface area contributed by atoms with Gasteiger partial charge in [0.15, 0.2) is 0 Å². The molecule has 0 spiro atoms. The Bertz CT molecular complexity index is 370. The van der Waals surface area contributed by atoms with Gasteiger partial charge in [-0.1, -0.05) is 27.7 Å². The van der Waals surface area contributed by atoms with Crippen molar-refractivity contribution < 1.29 is 4.42 Å². The predicted octanol–water partition coefficient (Wildman–Crippen LogP) is 3.94. The molecule has 0 radical (unpaired) electrons. The smallest absolute Gasteiger partial charge is 0.118 e. The highest BCUT2D eigenvalue weighted by Gasteiger charge is 2.12. The third-order valence-corrected chi connectivity index (χ3v) is 3.71. The molecular formula is C17H32N2O. The second-order valence-corrected chi connectivity index (χ2v) is 6.64. The second kappa shape index (κ2) is 8.48. The van der Waals surface area contributed by atoms with Gasteiger partial charge in [-0.25, -0.2) is 0 Å². The Kier molecular flexibility index (Phi) is 7.31. The van der Waals surface area contributed by atoms with E-state index < -0.39 is 0 Å². The van der Waals surface area contributed by atoms with Gasteiger partial charge in [-0.05, 0) is 50.8 Å². The summed E-state index contributed by atoms with van der Waals surface area (Å²) in [6.07, 6.45) is 2.50. The summed E-state index contributed by atoms with van der Waals surface area (Å²) in [5.41, 5.74) is 6.94. The minimum absolute atomic E-state index is 0.485. The van der Waals surface area contributed by atoms with E-state index >= 15 is 0 Å². The standard InChI is InChI=1S/C17H32N2O/c1-13(2)6-8-19(9-7-14(3)4)12-16-10-17(11-18)20-15(16)5/h10,13-14H,6-9,11-12,18H2,1-5H3. The number of aryl methyl sites for hydroxylation is 1. The van der Waals surface area contributed by atoms with Crippen LogP contribution in [0.5, 0.6) is 0 Å². The van der Waals surface area contributed by atoms with Gasteiger partial charge < -0.3 is 10.2 Å². The minimum Gasteiger partial charge on any atom is -0.465 e. The van der Waals surface area contributed by atoms with Gasteiger partial charge in [-0.15, -0.1) is 0 Å². The highest BCUT2D eigenvalue weighted by molar-refractivity contribution is 5.20. The molecule has 3 heteroatoms. The molecule has 0 aliphatic rings. The molecule has 20 heavy (non-hydrogen) atoms. The number of furan rings is 1. The monoisotopic (exact) mass is 280 g/mol. The Labute approximate surface area is 124 Å². The molecule has 0 fully saturated rings. The van der Waals surface area contributed by atoms with Crippen molar-refractivity contribution in [2.75, 3.05) is 13.1 Å². The molecule has 1 rings (SSSR count). The predicted molar refractivity (Wildman–Crippen MR) is 85.5 cm³/mol. The van der Waals surface area contributed by atoms with E-state index in [0.29, 0.717) is 6.54 Å². The van der Waals surface area contributed by atoms with E-state index in [-0.39, 0.29) is 0 Å². The average Bonchev–Trinajstić information content (AvgIpc) is 2.73. The summed E-state index contributed by atoms with van der Waals surface area (Å²) in [5, 5.41) is 0. The fourth-order valence-electron chi connectivity index (χ4n) is 2.24. The van der Waals surface area contributed by atoms with Gasteiger partial charge in [0.05, 0.1) is 6.54 Å². The summed E-state index contributed by atoms with van der Waals surface area (Å²) in [7, 11) is 0. The first-order valence-electron chi connectivity index (χ1n) is 7.93. The van der Waals surface area contributed by atoms with Crippen LogP contribution in [0, 0.1) is 18.8 Å². The quantitative estimate of drug-likeness (QED) is 0.745. The fraction of sp³-hybridized carbons (Fsp3) is 0.765. The van der Waals surface area contributed by atoms with Crippen LogP contribution in [0.15, 0.2) is 10.5 Å².